The number of nitrogens with two attached hydrogens (primary N) is 1. The van der Waals surface area contributed by atoms with Crippen molar-refractivity contribution in [2.75, 3.05) is 6.54 Å². The van der Waals surface area contributed by atoms with E-state index in [1.54, 1.807) is 38.1 Å². The zero-order valence-corrected chi connectivity index (χ0v) is 13.1. The fourth-order valence-corrected chi connectivity index (χ4v) is 1.77. The maximum absolute atomic E-state index is 12.2. The molecule has 0 aliphatic carbocycles. The lowest BCUT2D eigenvalue weighted by Gasteiger charge is -2.36. The molecule has 0 aromatic heterocycles. The van der Waals surface area contributed by atoms with Crippen molar-refractivity contribution in [3.8, 4) is 0 Å². The molecule has 1 amide bonds. The van der Waals surface area contributed by atoms with Crippen molar-refractivity contribution in [1.29, 1.82) is 0 Å². The van der Waals surface area contributed by atoms with Crippen LogP contribution < -0.4 is 11.1 Å². The van der Waals surface area contributed by atoms with Crippen LogP contribution in [0.15, 0.2) is 24.3 Å². The smallest absolute Gasteiger partial charge is 0.335 e. The van der Waals surface area contributed by atoms with Gasteiger partial charge in [0.2, 0.25) is 5.91 Å². The highest BCUT2D eigenvalue weighted by atomic mass is 16.4. The summed E-state index contributed by atoms with van der Waals surface area (Å²) in [7, 11) is 0. The highest BCUT2D eigenvalue weighted by Crippen LogP contribution is 2.28. The monoisotopic (exact) mass is 292 g/mol. The minimum absolute atomic E-state index is 0.136. The Morgan fingerprint density at radius 2 is 1.76 bits per heavy atom. The van der Waals surface area contributed by atoms with Gasteiger partial charge < -0.3 is 16.2 Å². The number of benzene rings is 1. The molecule has 5 heteroatoms. The van der Waals surface area contributed by atoms with E-state index in [1.165, 1.54) is 0 Å². The summed E-state index contributed by atoms with van der Waals surface area (Å²) in [6, 6.07) is 6.79. The highest BCUT2D eigenvalue weighted by molar-refractivity contribution is 5.89. The molecule has 0 fully saturated rings. The van der Waals surface area contributed by atoms with Gasteiger partial charge in [-0.25, -0.2) is 4.79 Å². The largest absolute Gasteiger partial charge is 0.478 e. The minimum Gasteiger partial charge on any atom is -0.478 e. The molecule has 116 valence electrons. The maximum atomic E-state index is 12.2. The lowest BCUT2D eigenvalue weighted by Crippen LogP contribution is -2.55. The summed E-state index contributed by atoms with van der Waals surface area (Å²) in [5.74, 6) is -1.09. The number of nitrogens with one attached hydrogen (secondary N) is 1. The van der Waals surface area contributed by atoms with Crippen LogP contribution >= 0.6 is 0 Å². The van der Waals surface area contributed by atoms with Gasteiger partial charge in [-0.05, 0) is 45.7 Å². The first-order valence-corrected chi connectivity index (χ1v) is 6.95. The zero-order valence-electron chi connectivity index (χ0n) is 13.1. The van der Waals surface area contributed by atoms with E-state index in [-0.39, 0.29) is 11.5 Å². The number of carboxylic acids is 1. The number of hydrogen-bond donors (Lipinski definition) is 3. The van der Waals surface area contributed by atoms with E-state index in [0.29, 0.717) is 18.5 Å². The van der Waals surface area contributed by atoms with E-state index in [1.807, 2.05) is 13.8 Å². The Morgan fingerprint density at radius 1 is 1.19 bits per heavy atom. The summed E-state index contributed by atoms with van der Waals surface area (Å²) in [6.45, 7) is 7.60. The number of amides is 1. The number of carbonyl (C=O) groups is 2. The average molecular weight is 292 g/mol. The number of aromatic carboxylic acids is 1. The third kappa shape index (κ3) is 4.04. The maximum Gasteiger partial charge on any atom is 0.335 e. The molecule has 0 heterocycles. The van der Waals surface area contributed by atoms with Gasteiger partial charge in [0, 0.05) is 12.1 Å². The van der Waals surface area contributed by atoms with E-state index >= 15 is 0 Å². The molecule has 0 spiro atoms. The van der Waals surface area contributed by atoms with Crippen molar-refractivity contribution in [1.82, 2.24) is 5.32 Å². The molecular formula is C16H24N2O3. The summed E-state index contributed by atoms with van der Waals surface area (Å²) in [5.41, 5.74) is 5.64. The summed E-state index contributed by atoms with van der Waals surface area (Å²) in [5, 5.41) is 11.9. The molecule has 0 unspecified atom stereocenters. The van der Waals surface area contributed by atoms with E-state index in [4.69, 9.17) is 10.8 Å². The fourth-order valence-electron chi connectivity index (χ4n) is 1.77. The lowest BCUT2D eigenvalue weighted by atomic mass is 9.74. The van der Waals surface area contributed by atoms with Crippen LogP contribution in [0.25, 0.3) is 0 Å². The number of carbonyl (C=O) groups excluding carboxylic acids is 1. The summed E-state index contributed by atoms with van der Waals surface area (Å²) >= 11 is 0. The standard InChI is InChI=1S/C16H24N2O3/c1-15(2,16(3,4)17)14(21)18-10-9-11-7-5-6-8-12(11)13(19)20/h5-8H,9-10,17H2,1-4H3,(H,18,21)(H,19,20). The van der Waals surface area contributed by atoms with Gasteiger partial charge in [0.1, 0.15) is 0 Å². The second kappa shape index (κ2) is 6.26. The van der Waals surface area contributed by atoms with Crippen LogP contribution in [0.3, 0.4) is 0 Å². The van der Waals surface area contributed by atoms with Crippen molar-refractivity contribution in [2.24, 2.45) is 11.1 Å². The Bertz CT molecular complexity index is 531. The highest BCUT2D eigenvalue weighted by Gasteiger charge is 2.40. The van der Waals surface area contributed by atoms with Gasteiger partial charge in [-0.2, -0.15) is 0 Å². The van der Waals surface area contributed by atoms with Crippen LogP contribution in [0.5, 0.6) is 0 Å². The fraction of sp³-hybridized carbons (Fsp3) is 0.500. The molecule has 0 saturated carbocycles. The second-order valence-electron chi connectivity index (χ2n) is 6.31. The molecule has 5 nitrogen and oxygen atoms in total. The van der Waals surface area contributed by atoms with Crippen molar-refractivity contribution in [3.63, 3.8) is 0 Å². The SMILES string of the molecule is CC(C)(N)C(C)(C)C(=O)NCCc1ccccc1C(=O)O. The molecule has 4 N–H and O–H groups in total. The van der Waals surface area contributed by atoms with Crippen molar-refractivity contribution >= 4 is 11.9 Å². The van der Waals surface area contributed by atoms with Gasteiger partial charge in [-0.1, -0.05) is 18.2 Å². The van der Waals surface area contributed by atoms with Crippen LogP contribution in [0.4, 0.5) is 0 Å². The molecule has 0 saturated heterocycles. The molecule has 0 aliphatic rings. The Hall–Kier alpha value is -1.88. The van der Waals surface area contributed by atoms with Crippen molar-refractivity contribution in [3.05, 3.63) is 35.4 Å². The van der Waals surface area contributed by atoms with Crippen molar-refractivity contribution in [2.45, 2.75) is 39.7 Å². The van der Waals surface area contributed by atoms with Gasteiger partial charge >= 0.3 is 5.97 Å². The van der Waals surface area contributed by atoms with Crippen LogP contribution in [-0.2, 0) is 11.2 Å². The van der Waals surface area contributed by atoms with Gasteiger partial charge in [0.15, 0.2) is 0 Å². The molecule has 0 aliphatic heterocycles. The van der Waals surface area contributed by atoms with E-state index in [0.717, 1.165) is 0 Å². The third-order valence-corrected chi connectivity index (χ3v) is 4.11. The predicted molar refractivity (Wildman–Crippen MR) is 82.2 cm³/mol. The van der Waals surface area contributed by atoms with Crippen LogP contribution in [0.1, 0.15) is 43.6 Å². The van der Waals surface area contributed by atoms with Gasteiger partial charge in [-0.15, -0.1) is 0 Å². The first-order valence-electron chi connectivity index (χ1n) is 6.95. The van der Waals surface area contributed by atoms with Crippen LogP contribution in [-0.4, -0.2) is 29.1 Å². The van der Waals surface area contributed by atoms with Gasteiger partial charge in [0.25, 0.3) is 0 Å². The molecule has 1 aromatic carbocycles. The molecular weight excluding hydrogens is 268 g/mol. The predicted octanol–water partition coefficient (Wildman–Crippen LogP) is 1.81. The zero-order chi connectivity index (χ0) is 16.3. The van der Waals surface area contributed by atoms with E-state index in [2.05, 4.69) is 5.32 Å². The van der Waals surface area contributed by atoms with Crippen LogP contribution in [0.2, 0.25) is 0 Å². The molecule has 0 bridgehead atoms. The first kappa shape index (κ1) is 17.2. The number of carboxylic acid groups (broad SMARTS) is 1. The topological polar surface area (TPSA) is 92.4 Å². The van der Waals surface area contributed by atoms with Gasteiger partial charge in [0.05, 0.1) is 11.0 Å². The second-order valence-corrected chi connectivity index (χ2v) is 6.31. The Morgan fingerprint density at radius 3 is 2.29 bits per heavy atom. The number of hydrogen-bond acceptors (Lipinski definition) is 3. The van der Waals surface area contributed by atoms with E-state index < -0.39 is 16.9 Å². The molecule has 0 atom stereocenters. The third-order valence-electron chi connectivity index (χ3n) is 4.11. The lowest BCUT2D eigenvalue weighted by molar-refractivity contribution is -0.132. The Balaban J connectivity index is 2.67. The average Bonchev–Trinajstić information content (AvgIpc) is 2.37. The van der Waals surface area contributed by atoms with E-state index in [9.17, 15) is 9.59 Å². The molecule has 1 rings (SSSR count). The minimum atomic E-state index is -0.958. The normalized spacial score (nSPS) is 12.0. The first-order chi connectivity index (χ1) is 9.57. The molecule has 21 heavy (non-hydrogen) atoms. The van der Waals surface area contributed by atoms with Crippen molar-refractivity contribution < 1.29 is 14.7 Å². The van der Waals surface area contributed by atoms with Gasteiger partial charge in [-0.3, -0.25) is 4.79 Å². The Kier molecular flexibility index (Phi) is 5.12. The number of rotatable bonds is 6. The summed E-state index contributed by atoms with van der Waals surface area (Å²) < 4.78 is 0. The van der Waals surface area contributed by atoms with Crippen LogP contribution in [0, 0.1) is 5.41 Å². The molecule has 1 aromatic rings. The quantitative estimate of drug-likeness (QED) is 0.745. The summed E-state index contributed by atoms with van der Waals surface area (Å²) in [4.78, 5) is 23.3. The Labute approximate surface area is 125 Å². The molecule has 0 radical (unpaired) electrons. The summed E-state index contributed by atoms with van der Waals surface area (Å²) in [6.07, 6.45) is 0.468.